The van der Waals surface area contributed by atoms with E-state index in [9.17, 15) is 4.79 Å². The highest BCUT2D eigenvalue weighted by Gasteiger charge is 2.25. The van der Waals surface area contributed by atoms with Crippen molar-refractivity contribution in [3.05, 3.63) is 18.5 Å². The van der Waals surface area contributed by atoms with Crippen LogP contribution in [0.5, 0.6) is 0 Å². The van der Waals surface area contributed by atoms with Crippen LogP contribution in [0.3, 0.4) is 0 Å². The van der Waals surface area contributed by atoms with Crippen LogP contribution in [0.25, 0.3) is 0 Å². The van der Waals surface area contributed by atoms with Gasteiger partial charge in [0, 0.05) is 31.5 Å². The average molecular weight is 277 g/mol. The molecular weight excluding hydrogens is 254 g/mol. The molecule has 3 N–H and O–H groups in total. The summed E-state index contributed by atoms with van der Waals surface area (Å²) in [6, 6.07) is 1.47. The summed E-state index contributed by atoms with van der Waals surface area (Å²) < 4.78 is 0. The molecule has 6 heteroatoms. The topological polar surface area (TPSA) is 84.1 Å². The van der Waals surface area contributed by atoms with E-state index >= 15 is 0 Å². The predicted molar refractivity (Wildman–Crippen MR) is 78.2 cm³/mol. The van der Waals surface area contributed by atoms with Gasteiger partial charge in [0.1, 0.15) is 0 Å². The molecule has 1 saturated heterocycles. The van der Waals surface area contributed by atoms with Crippen molar-refractivity contribution in [3.63, 3.8) is 0 Å². The van der Waals surface area contributed by atoms with E-state index in [2.05, 4.69) is 20.2 Å². The maximum Gasteiger partial charge on any atom is 0.237 e. The second-order valence-corrected chi connectivity index (χ2v) is 5.61. The van der Waals surface area contributed by atoms with Gasteiger partial charge in [-0.25, -0.2) is 9.97 Å². The number of amides is 1. The zero-order valence-electron chi connectivity index (χ0n) is 12.1. The molecule has 1 aromatic rings. The Labute approximate surface area is 119 Å². The molecule has 0 radical (unpaired) electrons. The first-order chi connectivity index (χ1) is 9.58. The summed E-state index contributed by atoms with van der Waals surface area (Å²) in [4.78, 5) is 22.6. The lowest BCUT2D eigenvalue weighted by molar-refractivity contribution is -0.124. The summed E-state index contributed by atoms with van der Waals surface area (Å²) in [7, 11) is 0. The first-order valence-electron chi connectivity index (χ1n) is 7.16. The highest BCUT2D eigenvalue weighted by molar-refractivity contribution is 5.82. The van der Waals surface area contributed by atoms with Crippen molar-refractivity contribution in [1.82, 2.24) is 15.3 Å². The first-order valence-corrected chi connectivity index (χ1v) is 7.16. The number of carbonyl (C=O) groups excluding carboxylic acids is 1. The molecular formula is C14H23N5O. The number of carbonyl (C=O) groups is 1. The summed E-state index contributed by atoms with van der Waals surface area (Å²) in [6.45, 7) is 5.57. The largest absolute Gasteiger partial charge is 0.350 e. The van der Waals surface area contributed by atoms with Gasteiger partial charge < -0.3 is 16.0 Å². The predicted octanol–water partition coefficient (Wildman–Crippen LogP) is 0.545. The fourth-order valence-electron chi connectivity index (χ4n) is 2.33. The Hall–Kier alpha value is -1.69. The summed E-state index contributed by atoms with van der Waals surface area (Å²) in [5.41, 5.74) is 5.87. The van der Waals surface area contributed by atoms with Crippen LogP contribution >= 0.6 is 0 Å². The molecule has 1 aliphatic heterocycles. The molecule has 1 aliphatic rings. The maximum absolute atomic E-state index is 12.0. The fourth-order valence-corrected chi connectivity index (χ4v) is 2.33. The van der Waals surface area contributed by atoms with Crippen molar-refractivity contribution in [1.29, 1.82) is 0 Å². The molecule has 0 aliphatic carbocycles. The Kier molecular flexibility index (Phi) is 4.89. The molecule has 6 nitrogen and oxygen atoms in total. The van der Waals surface area contributed by atoms with Crippen LogP contribution in [-0.4, -0.2) is 41.0 Å². The van der Waals surface area contributed by atoms with E-state index in [0.717, 1.165) is 31.9 Å². The van der Waals surface area contributed by atoms with Gasteiger partial charge in [0.25, 0.3) is 0 Å². The minimum atomic E-state index is -0.446. The fraction of sp³-hybridized carbons (Fsp3) is 0.643. The second-order valence-electron chi connectivity index (χ2n) is 5.61. The summed E-state index contributed by atoms with van der Waals surface area (Å²) >= 11 is 0. The van der Waals surface area contributed by atoms with E-state index in [4.69, 9.17) is 5.73 Å². The van der Waals surface area contributed by atoms with E-state index in [-0.39, 0.29) is 17.9 Å². The highest BCUT2D eigenvalue weighted by Crippen LogP contribution is 2.15. The van der Waals surface area contributed by atoms with Crippen LogP contribution in [0.2, 0.25) is 0 Å². The van der Waals surface area contributed by atoms with Gasteiger partial charge in [0.15, 0.2) is 0 Å². The van der Waals surface area contributed by atoms with Crippen molar-refractivity contribution in [3.8, 4) is 0 Å². The number of aromatic nitrogens is 2. The molecule has 1 aromatic heterocycles. The molecule has 0 aromatic carbocycles. The number of nitrogens with two attached hydrogens (primary N) is 1. The number of nitrogens with zero attached hydrogens (tertiary/aromatic N) is 3. The van der Waals surface area contributed by atoms with Gasteiger partial charge >= 0.3 is 0 Å². The molecule has 0 saturated carbocycles. The standard InChI is InChI=1S/C14H23N5O/c1-10(2)12(15)13(20)18-11-5-3-8-19(9-11)14-16-6-4-7-17-14/h4,6-7,10-12H,3,5,8-9,15H2,1-2H3,(H,18,20). The monoisotopic (exact) mass is 277 g/mol. The highest BCUT2D eigenvalue weighted by atomic mass is 16.2. The van der Waals surface area contributed by atoms with Crippen molar-refractivity contribution in [2.75, 3.05) is 18.0 Å². The third kappa shape index (κ3) is 3.66. The minimum absolute atomic E-state index is 0.0687. The molecule has 2 atom stereocenters. The quantitative estimate of drug-likeness (QED) is 0.839. The number of nitrogens with one attached hydrogen (secondary N) is 1. The SMILES string of the molecule is CC(C)C(N)C(=O)NC1CCCN(c2ncccn2)C1. The first kappa shape index (κ1) is 14.7. The zero-order valence-corrected chi connectivity index (χ0v) is 12.1. The number of piperidine rings is 1. The lowest BCUT2D eigenvalue weighted by Gasteiger charge is -2.33. The van der Waals surface area contributed by atoms with Gasteiger partial charge in [0.05, 0.1) is 6.04 Å². The summed E-state index contributed by atoms with van der Waals surface area (Å²) in [5, 5.41) is 3.04. The zero-order chi connectivity index (χ0) is 14.5. The molecule has 110 valence electrons. The average Bonchev–Trinajstić information content (AvgIpc) is 2.47. The Morgan fingerprint density at radius 1 is 1.45 bits per heavy atom. The van der Waals surface area contributed by atoms with Crippen LogP contribution in [0, 0.1) is 5.92 Å². The van der Waals surface area contributed by atoms with Crippen LogP contribution in [0.15, 0.2) is 18.5 Å². The van der Waals surface area contributed by atoms with E-state index in [0.29, 0.717) is 0 Å². The Morgan fingerprint density at radius 2 is 2.15 bits per heavy atom. The van der Waals surface area contributed by atoms with Gasteiger partial charge in [-0.05, 0) is 24.8 Å². The molecule has 2 rings (SSSR count). The number of anilines is 1. The Balaban J connectivity index is 1.92. The van der Waals surface area contributed by atoms with Gasteiger partial charge in [0.2, 0.25) is 11.9 Å². The van der Waals surface area contributed by atoms with E-state index in [1.54, 1.807) is 18.5 Å². The third-order valence-electron chi connectivity index (χ3n) is 3.62. The second kappa shape index (κ2) is 6.65. The molecule has 2 unspecified atom stereocenters. The smallest absolute Gasteiger partial charge is 0.237 e. The van der Waals surface area contributed by atoms with Crippen LogP contribution in [0.1, 0.15) is 26.7 Å². The van der Waals surface area contributed by atoms with Crippen LogP contribution in [0.4, 0.5) is 5.95 Å². The lowest BCUT2D eigenvalue weighted by Crippen LogP contribution is -2.53. The van der Waals surface area contributed by atoms with Crippen molar-refractivity contribution in [2.24, 2.45) is 11.7 Å². The van der Waals surface area contributed by atoms with E-state index in [1.807, 2.05) is 13.8 Å². The Morgan fingerprint density at radius 3 is 2.80 bits per heavy atom. The molecule has 1 fully saturated rings. The molecule has 1 amide bonds. The van der Waals surface area contributed by atoms with Gasteiger partial charge in [-0.15, -0.1) is 0 Å². The summed E-state index contributed by atoms with van der Waals surface area (Å²) in [5.74, 6) is 0.799. The van der Waals surface area contributed by atoms with Gasteiger partial charge in [-0.3, -0.25) is 4.79 Å². The van der Waals surface area contributed by atoms with E-state index < -0.39 is 6.04 Å². The number of hydrogen-bond donors (Lipinski definition) is 2. The van der Waals surface area contributed by atoms with Crippen LogP contribution < -0.4 is 16.0 Å². The van der Waals surface area contributed by atoms with Crippen molar-refractivity contribution in [2.45, 2.75) is 38.8 Å². The maximum atomic E-state index is 12.0. The lowest BCUT2D eigenvalue weighted by atomic mass is 10.0. The van der Waals surface area contributed by atoms with Crippen LogP contribution in [-0.2, 0) is 4.79 Å². The molecule has 20 heavy (non-hydrogen) atoms. The number of rotatable bonds is 4. The minimum Gasteiger partial charge on any atom is -0.350 e. The van der Waals surface area contributed by atoms with Crippen molar-refractivity contribution < 1.29 is 4.79 Å². The molecule has 2 heterocycles. The summed E-state index contributed by atoms with van der Waals surface area (Å²) in [6.07, 6.45) is 5.46. The number of hydrogen-bond acceptors (Lipinski definition) is 5. The van der Waals surface area contributed by atoms with E-state index in [1.165, 1.54) is 0 Å². The molecule has 0 spiro atoms. The normalized spacial score (nSPS) is 20.8. The van der Waals surface area contributed by atoms with Gasteiger partial charge in [-0.2, -0.15) is 0 Å². The molecule has 0 bridgehead atoms. The van der Waals surface area contributed by atoms with Gasteiger partial charge in [-0.1, -0.05) is 13.8 Å². The Bertz CT molecular complexity index is 436. The third-order valence-corrected chi connectivity index (χ3v) is 3.62. The van der Waals surface area contributed by atoms with Crippen molar-refractivity contribution >= 4 is 11.9 Å².